The molecule has 4 rings (SSSR count). The lowest BCUT2D eigenvalue weighted by atomic mass is 9.94. The van der Waals surface area contributed by atoms with Crippen LogP contribution in [0.3, 0.4) is 0 Å². The average Bonchev–Trinajstić information content (AvgIpc) is 3.03. The second-order valence-corrected chi connectivity index (χ2v) is 11.2. The van der Waals surface area contributed by atoms with Gasteiger partial charge in [-0.1, -0.05) is 93.6 Å². The Bertz CT molecular complexity index is 1510. The molecule has 0 spiro atoms. The first-order valence-electron chi connectivity index (χ1n) is 14.3. The smallest absolute Gasteiger partial charge is 0.328 e. The Labute approximate surface area is 253 Å². The average molecular weight is 579 g/mol. The standard InChI is InChI=1S/C36H38N2O5/c1-36(2,3)35(41)38(28-15-9-6-10-16-28)23-24-43-29-21-19-26(20-22-29)25-32(34(40)42-4)37-31-18-12-11-17-30(31)33(39)27-13-7-5-8-14-27/h5-22,32,37H,23-25H2,1-4H3/t32-/m0/s1. The minimum atomic E-state index is -0.718. The zero-order chi connectivity index (χ0) is 30.8. The number of carbonyl (C=O) groups is 3. The van der Waals surface area contributed by atoms with Gasteiger partial charge in [-0.25, -0.2) is 4.79 Å². The van der Waals surface area contributed by atoms with Crippen molar-refractivity contribution in [1.29, 1.82) is 0 Å². The SMILES string of the molecule is COC(=O)[C@H](Cc1ccc(OCCN(C(=O)C(C)(C)C)c2ccccc2)cc1)Nc1ccccc1C(=O)c1ccccc1. The third kappa shape index (κ3) is 8.32. The molecule has 222 valence electrons. The Hall–Kier alpha value is -4.91. The molecule has 0 fully saturated rings. The van der Waals surface area contributed by atoms with Gasteiger partial charge in [-0.15, -0.1) is 0 Å². The summed E-state index contributed by atoms with van der Waals surface area (Å²) in [6.07, 6.45) is 0.336. The van der Waals surface area contributed by atoms with Crippen LogP contribution in [0.25, 0.3) is 0 Å². The molecular weight excluding hydrogens is 540 g/mol. The van der Waals surface area contributed by atoms with Crippen molar-refractivity contribution >= 4 is 29.0 Å². The van der Waals surface area contributed by atoms with Gasteiger partial charge in [0.15, 0.2) is 5.78 Å². The van der Waals surface area contributed by atoms with Crippen LogP contribution in [0.15, 0.2) is 109 Å². The van der Waals surface area contributed by atoms with Crippen LogP contribution in [0.4, 0.5) is 11.4 Å². The molecule has 0 heterocycles. The molecule has 0 unspecified atom stereocenters. The van der Waals surface area contributed by atoms with Gasteiger partial charge in [0, 0.05) is 34.3 Å². The van der Waals surface area contributed by atoms with Crippen LogP contribution in [0.5, 0.6) is 5.75 Å². The summed E-state index contributed by atoms with van der Waals surface area (Å²) >= 11 is 0. The number of ether oxygens (including phenoxy) is 2. The number of ketones is 1. The molecule has 1 amide bonds. The van der Waals surface area contributed by atoms with E-state index in [1.807, 2.05) is 99.6 Å². The molecular formula is C36H38N2O5. The van der Waals surface area contributed by atoms with Gasteiger partial charge >= 0.3 is 5.97 Å². The van der Waals surface area contributed by atoms with Gasteiger partial charge in [0.2, 0.25) is 5.91 Å². The zero-order valence-electron chi connectivity index (χ0n) is 25.1. The molecule has 0 bridgehead atoms. The number of carbonyl (C=O) groups excluding carboxylic acids is 3. The highest BCUT2D eigenvalue weighted by Gasteiger charge is 2.28. The van der Waals surface area contributed by atoms with E-state index in [2.05, 4.69) is 5.32 Å². The second kappa shape index (κ2) is 14.3. The molecule has 0 aromatic heterocycles. The van der Waals surface area contributed by atoms with Crippen LogP contribution < -0.4 is 15.0 Å². The number of hydrogen-bond donors (Lipinski definition) is 1. The summed E-state index contributed by atoms with van der Waals surface area (Å²) in [5.74, 6) is 0.100. The fourth-order valence-corrected chi connectivity index (χ4v) is 4.65. The van der Waals surface area contributed by atoms with E-state index in [4.69, 9.17) is 9.47 Å². The monoisotopic (exact) mass is 578 g/mol. The molecule has 4 aromatic carbocycles. The lowest BCUT2D eigenvalue weighted by Gasteiger charge is -2.29. The fraction of sp³-hybridized carbons (Fsp3) is 0.250. The maximum absolute atomic E-state index is 13.2. The molecule has 0 radical (unpaired) electrons. The van der Waals surface area contributed by atoms with Crippen molar-refractivity contribution in [3.8, 4) is 5.75 Å². The highest BCUT2D eigenvalue weighted by atomic mass is 16.5. The predicted octanol–water partition coefficient (Wildman–Crippen LogP) is 6.57. The van der Waals surface area contributed by atoms with E-state index in [1.165, 1.54) is 7.11 Å². The number of nitrogens with zero attached hydrogens (tertiary/aromatic N) is 1. The lowest BCUT2D eigenvalue weighted by Crippen LogP contribution is -2.41. The van der Waals surface area contributed by atoms with E-state index in [-0.39, 0.29) is 11.7 Å². The Morgan fingerprint density at radius 1 is 0.791 bits per heavy atom. The molecule has 4 aromatic rings. The molecule has 0 aliphatic rings. The molecule has 1 atom stereocenters. The van der Waals surface area contributed by atoms with Crippen LogP contribution in [0, 0.1) is 5.41 Å². The van der Waals surface area contributed by atoms with Gasteiger partial charge in [-0.3, -0.25) is 9.59 Å². The summed E-state index contributed by atoms with van der Waals surface area (Å²) in [6, 6.07) is 32.5. The van der Waals surface area contributed by atoms with Gasteiger partial charge in [-0.05, 0) is 42.0 Å². The molecule has 7 heteroatoms. The highest BCUT2D eigenvalue weighted by Crippen LogP contribution is 2.24. The van der Waals surface area contributed by atoms with Gasteiger partial charge in [0.25, 0.3) is 0 Å². The quantitative estimate of drug-likeness (QED) is 0.151. The molecule has 0 saturated carbocycles. The van der Waals surface area contributed by atoms with E-state index in [9.17, 15) is 14.4 Å². The van der Waals surface area contributed by atoms with E-state index >= 15 is 0 Å². The maximum Gasteiger partial charge on any atom is 0.328 e. The van der Waals surface area contributed by atoms with Crippen molar-refractivity contribution in [3.05, 3.63) is 126 Å². The first-order chi connectivity index (χ1) is 20.7. The molecule has 0 saturated heterocycles. The normalized spacial score (nSPS) is 11.7. The highest BCUT2D eigenvalue weighted by molar-refractivity contribution is 6.12. The van der Waals surface area contributed by atoms with Crippen LogP contribution in [0.1, 0.15) is 42.3 Å². The Balaban J connectivity index is 1.42. The van der Waals surface area contributed by atoms with Crippen molar-refractivity contribution in [2.45, 2.75) is 33.2 Å². The number of esters is 1. The summed E-state index contributed by atoms with van der Waals surface area (Å²) in [7, 11) is 1.35. The number of rotatable bonds is 12. The van der Waals surface area contributed by atoms with Crippen LogP contribution in [-0.4, -0.2) is 44.0 Å². The van der Waals surface area contributed by atoms with E-state index < -0.39 is 17.4 Å². The Morgan fingerprint density at radius 3 is 2.02 bits per heavy atom. The van der Waals surface area contributed by atoms with Crippen molar-refractivity contribution in [2.75, 3.05) is 30.5 Å². The van der Waals surface area contributed by atoms with E-state index in [0.717, 1.165) is 11.3 Å². The van der Waals surface area contributed by atoms with Crippen molar-refractivity contribution < 1.29 is 23.9 Å². The number of para-hydroxylation sites is 2. The number of hydrogen-bond acceptors (Lipinski definition) is 6. The summed E-state index contributed by atoms with van der Waals surface area (Å²) in [5.41, 5.74) is 2.78. The van der Waals surface area contributed by atoms with Crippen molar-refractivity contribution in [2.24, 2.45) is 5.41 Å². The van der Waals surface area contributed by atoms with E-state index in [0.29, 0.717) is 42.1 Å². The van der Waals surface area contributed by atoms with Crippen molar-refractivity contribution in [1.82, 2.24) is 0 Å². The summed E-state index contributed by atoms with van der Waals surface area (Å²) in [6.45, 7) is 6.43. The number of nitrogens with one attached hydrogen (secondary N) is 1. The maximum atomic E-state index is 13.2. The molecule has 1 N–H and O–H groups in total. The van der Waals surface area contributed by atoms with Gasteiger partial charge in [0.1, 0.15) is 18.4 Å². The third-order valence-corrected chi connectivity index (χ3v) is 6.92. The second-order valence-electron chi connectivity index (χ2n) is 11.2. The van der Waals surface area contributed by atoms with Gasteiger partial charge in [0.05, 0.1) is 13.7 Å². The van der Waals surface area contributed by atoms with Crippen LogP contribution >= 0.6 is 0 Å². The Morgan fingerprint density at radius 2 is 1.40 bits per heavy atom. The topological polar surface area (TPSA) is 84.9 Å². The first-order valence-corrected chi connectivity index (χ1v) is 14.3. The largest absolute Gasteiger partial charge is 0.492 e. The minimum absolute atomic E-state index is 0.0195. The number of anilines is 2. The minimum Gasteiger partial charge on any atom is -0.492 e. The predicted molar refractivity (Wildman–Crippen MR) is 170 cm³/mol. The van der Waals surface area contributed by atoms with Gasteiger partial charge in [-0.2, -0.15) is 0 Å². The zero-order valence-corrected chi connectivity index (χ0v) is 25.1. The van der Waals surface area contributed by atoms with Crippen LogP contribution in [0.2, 0.25) is 0 Å². The first kappa shape index (κ1) is 31.0. The molecule has 0 aliphatic heterocycles. The molecule has 0 aliphatic carbocycles. The van der Waals surface area contributed by atoms with E-state index in [1.54, 1.807) is 35.2 Å². The fourth-order valence-electron chi connectivity index (χ4n) is 4.65. The summed E-state index contributed by atoms with van der Waals surface area (Å²) in [5, 5.41) is 3.23. The number of methoxy groups -OCH3 is 1. The molecule has 7 nitrogen and oxygen atoms in total. The van der Waals surface area contributed by atoms with Crippen LogP contribution in [-0.2, 0) is 20.7 Å². The summed E-state index contributed by atoms with van der Waals surface area (Å²) in [4.78, 5) is 40.8. The third-order valence-electron chi connectivity index (χ3n) is 6.92. The Kier molecular flexibility index (Phi) is 10.3. The van der Waals surface area contributed by atoms with Crippen molar-refractivity contribution in [3.63, 3.8) is 0 Å². The number of amides is 1. The molecule has 43 heavy (non-hydrogen) atoms. The lowest BCUT2D eigenvalue weighted by molar-refractivity contribution is -0.141. The number of benzene rings is 4. The van der Waals surface area contributed by atoms with Gasteiger partial charge < -0.3 is 19.7 Å². The summed E-state index contributed by atoms with van der Waals surface area (Å²) < 4.78 is 11.1.